The molecule has 0 atom stereocenters. The molecule has 6 nitrogen and oxygen atoms in total. The summed E-state index contributed by atoms with van der Waals surface area (Å²) < 4.78 is 28.9. The Labute approximate surface area is 161 Å². The molecule has 1 amide bonds. The van der Waals surface area contributed by atoms with E-state index < -0.39 is 24.3 Å². The molecule has 8 heteroatoms. The minimum Gasteiger partial charge on any atom is -0.490 e. The van der Waals surface area contributed by atoms with Crippen LogP contribution in [0.2, 0.25) is 5.02 Å². The summed E-state index contributed by atoms with van der Waals surface area (Å²) in [4.78, 5) is 24.0. The highest BCUT2D eigenvalue weighted by Crippen LogP contribution is 2.30. The molecule has 0 saturated heterocycles. The van der Waals surface area contributed by atoms with Crippen molar-refractivity contribution < 1.29 is 28.2 Å². The summed E-state index contributed by atoms with van der Waals surface area (Å²) in [5, 5.41) is 2.51. The number of esters is 1. The van der Waals surface area contributed by atoms with E-state index >= 15 is 0 Å². The van der Waals surface area contributed by atoms with Crippen molar-refractivity contribution in [1.82, 2.24) is 0 Å². The lowest BCUT2D eigenvalue weighted by molar-refractivity contribution is -0.119. The molecular formula is C19H19ClFNO5. The van der Waals surface area contributed by atoms with Crippen molar-refractivity contribution in [1.29, 1.82) is 0 Å². The van der Waals surface area contributed by atoms with Crippen LogP contribution in [0.5, 0.6) is 11.5 Å². The SMILES string of the molecule is CCOc1ccc(NC(=O)COC(=O)c2ccc(F)cc2Cl)cc1OCC. The van der Waals surface area contributed by atoms with E-state index in [9.17, 15) is 14.0 Å². The van der Waals surface area contributed by atoms with Crippen LogP contribution in [0.15, 0.2) is 36.4 Å². The Morgan fingerprint density at radius 1 is 1.04 bits per heavy atom. The van der Waals surface area contributed by atoms with Crippen molar-refractivity contribution >= 4 is 29.2 Å². The first kappa shape index (κ1) is 20.5. The van der Waals surface area contributed by atoms with Crippen molar-refractivity contribution in [3.8, 4) is 11.5 Å². The van der Waals surface area contributed by atoms with Crippen molar-refractivity contribution in [3.63, 3.8) is 0 Å². The van der Waals surface area contributed by atoms with Crippen molar-refractivity contribution in [3.05, 3.63) is 52.8 Å². The second kappa shape index (κ2) is 9.78. The molecule has 2 aromatic rings. The van der Waals surface area contributed by atoms with Gasteiger partial charge in [0.1, 0.15) is 5.82 Å². The molecule has 0 aliphatic heterocycles. The lowest BCUT2D eigenvalue weighted by atomic mass is 10.2. The zero-order valence-corrected chi connectivity index (χ0v) is 15.6. The number of anilines is 1. The normalized spacial score (nSPS) is 10.2. The van der Waals surface area contributed by atoms with E-state index in [0.717, 1.165) is 12.1 Å². The van der Waals surface area contributed by atoms with E-state index in [2.05, 4.69) is 5.32 Å². The highest BCUT2D eigenvalue weighted by Gasteiger charge is 2.15. The van der Waals surface area contributed by atoms with Gasteiger partial charge in [0.25, 0.3) is 5.91 Å². The van der Waals surface area contributed by atoms with E-state index in [1.165, 1.54) is 6.07 Å². The number of benzene rings is 2. The van der Waals surface area contributed by atoms with E-state index in [4.69, 9.17) is 25.8 Å². The van der Waals surface area contributed by atoms with Gasteiger partial charge in [0.2, 0.25) is 0 Å². The van der Waals surface area contributed by atoms with E-state index in [0.29, 0.717) is 30.4 Å². The van der Waals surface area contributed by atoms with Gasteiger partial charge in [-0.2, -0.15) is 0 Å². The second-order valence-corrected chi connectivity index (χ2v) is 5.68. The predicted molar refractivity (Wildman–Crippen MR) is 99.1 cm³/mol. The van der Waals surface area contributed by atoms with E-state index in [-0.39, 0.29) is 10.6 Å². The topological polar surface area (TPSA) is 73.9 Å². The van der Waals surface area contributed by atoms with Crippen molar-refractivity contribution in [2.45, 2.75) is 13.8 Å². The van der Waals surface area contributed by atoms with Gasteiger partial charge in [-0.15, -0.1) is 0 Å². The molecule has 27 heavy (non-hydrogen) atoms. The molecule has 0 aliphatic rings. The van der Waals surface area contributed by atoms with Gasteiger partial charge in [0.05, 0.1) is 23.8 Å². The van der Waals surface area contributed by atoms with Crippen LogP contribution >= 0.6 is 11.6 Å². The van der Waals surface area contributed by atoms with Crippen LogP contribution in [0, 0.1) is 5.82 Å². The fourth-order valence-corrected chi connectivity index (χ4v) is 2.43. The minimum absolute atomic E-state index is 0.0226. The summed E-state index contributed by atoms with van der Waals surface area (Å²) in [5.74, 6) is -0.887. The zero-order valence-electron chi connectivity index (χ0n) is 14.9. The molecule has 2 aromatic carbocycles. The number of ether oxygens (including phenoxy) is 3. The molecule has 144 valence electrons. The molecule has 0 bridgehead atoms. The lowest BCUT2D eigenvalue weighted by Crippen LogP contribution is -2.21. The molecule has 1 N–H and O–H groups in total. The predicted octanol–water partition coefficient (Wildman–Crippen LogP) is 4.07. The second-order valence-electron chi connectivity index (χ2n) is 5.28. The molecule has 0 saturated carbocycles. The standard InChI is InChI=1S/C19H19ClFNO5/c1-3-25-16-8-6-13(10-17(16)26-4-2)22-18(23)11-27-19(24)14-7-5-12(21)9-15(14)20/h5-10H,3-4,11H2,1-2H3,(H,22,23). The maximum absolute atomic E-state index is 13.0. The summed E-state index contributed by atoms with van der Waals surface area (Å²) in [7, 11) is 0. The first-order valence-electron chi connectivity index (χ1n) is 8.26. The average Bonchev–Trinajstić information content (AvgIpc) is 2.62. The number of carbonyl (C=O) groups is 2. The van der Waals surface area contributed by atoms with Crippen LogP contribution < -0.4 is 14.8 Å². The van der Waals surface area contributed by atoms with Crippen LogP contribution in [-0.2, 0) is 9.53 Å². The quantitative estimate of drug-likeness (QED) is 0.682. The third-order valence-electron chi connectivity index (χ3n) is 3.31. The Morgan fingerprint density at radius 2 is 1.74 bits per heavy atom. The Hall–Kier alpha value is -2.80. The van der Waals surface area contributed by atoms with Crippen LogP contribution in [0.4, 0.5) is 10.1 Å². The molecule has 0 unspecified atom stereocenters. The van der Waals surface area contributed by atoms with Gasteiger partial charge in [0, 0.05) is 11.8 Å². The van der Waals surface area contributed by atoms with Gasteiger partial charge in [0.15, 0.2) is 18.1 Å². The summed E-state index contributed by atoms with van der Waals surface area (Å²) in [6, 6.07) is 8.20. The molecule has 0 spiro atoms. The lowest BCUT2D eigenvalue weighted by Gasteiger charge is -2.13. The molecule has 0 heterocycles. The van der Waals surface area contributed by atoms with Gasteiger partial charge >= 0.3 is 5.97 Å². The monoisotopic (exact) mass is 395 g/mol. The van der Waals surface area contributed by atoms with Gasteiger partial charge < -0.3 is 19.5 Å². The molecule has 2 rings (SSSR count). The van der Waals surface area contributed by atoms with Crippen LogP contribution in [0.25, 0.3) is 0 Å². The number of hydrogen-bond donors (Lipinski definition) is 1. The Kier molecular flexibility index (Phi) is 7.43. The van der Waals surface area contributed by atoms with Gasteiger partial charge in [-0.05, 0) is 44.2 Å². The summed E-state index contributed by atoms with van der Waals surface area (Å²) in [5.41, 5.74) is 0.438. The number of halogens is 2. The fourth-order valence-electron chi connectivity index (χ4n) is 2.19. The first-order chi connectivity index (χ1) is 12.9. The number of hydrogen-bond acceptors (Lipinski definition) is 5. The zero-order chi connectivity index (χ0) is 19.8. The van der Waals surface area contributed by atoms with Gasteiger partial charge in [-0.1, -0.05) is 11.6 Å². The molecular weight excluding hydrogens is 377 g/mol. The molecule has 0 radical (unpaired) electrons. The van der Waals surface area contributed by atoms with Crippen LogP contribution in [-0.4, -0.2) is 31.7 Å². The Morgan fingerprint density at radius 3 is 2.41 bits per heavy atom. The third-order valence-corrected chi connectivity index (χ3v) is 3.63. The summed E-state index contributed by atoms with van der Waals surface area (Å²) >= 11 is 5.79. The number of rotatable bonds is 8. The number of carbonyl (C=O) groups excluding carboxylic acids is 2. The van der Waals surface area contributed by atoms with Gasteiger partial charge in [-0.25, -0.2) is 9.18 Å². The first-order valence-corrected chi connectivity index (χ1v) is 8.64. The fraction of sp³-hybridized carbons (Fsp3) is 0.263. The van der Waals surface area contributed by atoms with E-state index in [1.807, 2.05) is 13.8 Å². The minimum atomic E-state index is -0.822. The smallest absolute Gasteiger partial charge is 0.340 e. The number of amides is 1. The number of nitrogens with one attached hydrogen (secondary N) is 1. The Bertz CT molecular complexity index is 828. The van der Waals surface area contributed by atoms with Crippen LogP contribution in [0.3, 0.4) is 0 Å². The van der Waals surface area contributed by atoms with Crippen molar-refractivity contribution in [2.24, 2.45) is 0 Å². The molecule has 0 fully saturated rings. The average molecular weight is 396 g/mol. The highest BCUT2D eigenvalue weighted by atomic mass is 35.5. The third kappa shape index (κ3) is 5.86. The molecule has 0 aromatic heterocycles. The summed E-state index contributed by atoms with van der Waals surface area (Å²) in [6.45, 7) is 4.08. The summed E-state index contributed by atoms with van der Waals surface area (Å²) in [6.07, 6.45) is 0. The molecule has 0 aliphatic carbocycles. The Balaban J connectivity index is 1.97. The largest absolute Gasteiger partial charge is 0.490 e. The maximum Gasteiger partial charge on any atom is 0.340 e. The highest BCUT2D eigenvalue weighted by molar-refractivity contribution is 6.33. The van der Waals surface area contributed by atoms with Crippen molar-refractivity contribution in [2.75, 3.05) is 25.1 Å². The van der Waals surface area contributed by atoms with Crippen LogP contribution in [0.1, 0.15) is 24.2 Å². The van der Waals surface area contributed by atoms with E-state index in [1.54, 1.807) is 18.2 Å². The van der Waals surface area contributed by atoms with Gasteiger partial charge in [-0.3, -0.25) is 4.79 Å². The maximum atomic E-state index is 13.0.